The maximum Gasteiger partial charge on any atom is 0.337 e. The van der Waals surface area contributed by atoms with Gasteiger partial charge in [-0.05, 0) is 39.9 Å². The molecule has 6 rings (SSSR count). The van der Waals surface area contributed by atoms with Crippen LogP contribution in [0.5, 0.6) is 0 Å². The summed E-state index contributed by atoms with van der Waals surface area (Å²) in [4.78, 5) is 12.2. The molecule has 49 heavy (non-hydrogen) atoms. The van der Waals surface area contributed by atoms with Crippen molar-refractivity contribution in [3.8, 4) is 0 Å². The molecule has 0 radical (unpaired) electrons. The highest BCUT2D eigenvalue weighted by Gasteiger charge is 2.49. The van der Waals surface area contributed by atoms with E-state index in [9.17, 15) is 9.90 Å². The van der Waals surface area contributed by atoms with Crippen LogP contribution in [0, 0.1) is 0 Å². The van der Waals surface area contributed by atoms with Crippen LogP contribution in [-0.2, 0) is 50.1 Å². The average Bonchev–Trinajstić information content (AvgIpc) is 3.14. The molecular weight excluding hydrogens is 640 g/mol. The third kappa shape index (κ3) is 9.43. The third-order valence-electron chi connectivity index (χ3n) is 8.43. The van der Waals surface area contributed by atoms with E-state index in [1.165, 1.54) is 0 Å². The largest absolute Gasteiger partial charge is 0.478 e. The predicted molar refractivity (Wildman–Crippen MR) is 187 cm³/mol. The van der Waals surface area contributed by atoms with Gasteiger partial charge >= 0.3 is 5.97 Å². The van der Waals surface area contributed by atoms with E-state index < -0.39 is 36.5 Å². The molecule has 0 saturated carbocycles. The summed E-state index contributed by atoms with van der Waals surface area (Å²) in [5, 5.41) is 10.1. The van der Waals surface area contributed by atoms with E-state index in [-0.39, 0.29) is 23.8 Å². The van der Waals surface area contributed by atoms with Crippen LogP contribution in [0.3, 0.4) is 0 Å². The minimum Gasteiger partial charge on any atom is -0.478 e. The molecular formula is C41H39ClO7. The Balaban J connectivity index is 1.38. The second-order valence-corrected chi connectivity index (χ2v) is 12.3. The quantitative estimate of drug-likeness (QED) is 0.119. The van der Waals surface area contributed by atoms with Gasteiger partial charge in [0.05, 0.1) is 43.6 Å². The minimum atomic E-state index is -1.13. The molecule has 1 unspecified atom stereocenters. The number of rotatable bonds is 15. The van der Waals surface area contributed by atoms with Gasteiger partial charge in [0.25, 0.3) is 0 Å². The first kappa shape index (κ1) is 34.5. The van der Waals surface area contributed by atoms with E-state index >= 15 is 0 Å². The van der Waals surface area contributed by atoms with Crippen molar-refractivity contribution in [1.29, 1.82) is 0 Å². The zero-order valence-electron chi connectivity index (χ0n) is 27.0. The number of benzene rings is 5. The monoisotopic (exact) mass is 678 g/mol. The molecule has 1 heterocycles. The van der Waals surface area contributed by atoms with Gasteiger partial charge in [-0.3, -0.25) is 0 Å². The Labute approximate surface area is 291 Å². The van der Waals surface area contributed by atoms with Crippen molar-refractivity contribution in [3.05, 3.63) is 178 Å². The second-order valence-electron chi connectivity index (χ2n) is 11.9. The van der Waals surface area contributed by atoms with Crippen molar-refractivity contribution in [3.63, 3.8) is 0 Å². The van der Waals surface area contributed by atoms with E-state index in [0.29, 0.717) is 25.4 Å². The van der Waals surface area contributed by atoms with Crippen LogP contribution < -0.4 is 0 Å². The summed E-state index contributed by atoms with van der Waals surface area (Å²) in [5.41, 5.74) is 4.57. The summed E-state index contributed by atoms with van der Waals surface area (Å²) in [6.07, 6.45) is -3.28. The Hall–Kier alpha value is -4.34. The number of aromatic carboxylic acids is 1. The Bertz CT molecular complexity index is 1740. The lowest BCUT2D eigenvalue weighted by atomic mass is 9.89. The van der Waals surface area contributed by atoms with Gasteiger partial charge in [0.1, 0.15) is 30.5 Å². The van der Waals surface area contributed by atoms with Gasteiger partial charge in [-0.25, -0.2) is 4.79 Å². The zero-order chi connectivity index (χ0) is 33.8. The number of carboxylic acids is 1. The van der Waals surface area contributed by atoms with Gasteiger partial charge in [-0.15, -0.1) is 0 Å². The molecule has 5 aromatic carbocycles. The smallest absolute Gasteiger partial charge is 0.337 e. The van der Waals surface area contributed by atoms with Crippen molar-refractivity contribution < 1.29 is 33.6 Å². The van der Waals surface area contributed by atoms with Crippen LogP contribution in [0.4, 0.5) is 0 Å². The molecule has 5 aromatic rings. The molecule has 1 aliphatic rings. The van der Waals surface area contributed by atoms with E-state index in [4.69, 9.17) is 35.3 Å². The van der Waals surface area contributed by atoms with Crippen molar-refractivity contribution in [1.82, 2.24) is 0 Å². The number of hydrogen-bond acceptors (Lipinski definition) is 6. The molecule has 5 atom stereocenters. The van der Waals surface area contributed by atoms with Crippen molar-refractivity contribution in [2.45, 2.75) is 56.9 Å². The first-order valence-electron chi connectivity index (χ1n) is 16.3. The third-order valence-corrected chi connectivity index (χ3v) is 8.76. The number of carboxylic acid groups (broad SMARTS) is 1. The Kier molecular flexibility index (Phi) is 12.2. The molecule has 0 amide bonds. The first-order chi connectivity index (χ1) is 24.0. The summed E-state index contributed by atoms with van der Waals surface area (Å²) in [5.74, 6) is -1.13. The van der Waals surface area contributed by atoms with E-state index in [0.717, 1.165) is 22.3 Å². The topological polar surface area (TPSA) is 83.5 Å². The van der Waals surface area contributed by atoms with Crippen molar-refractivity contribution >= 4 is 17.6 Å². The molecule has 0 aliphatic carbocycles. The molecule has 1 N–H and O–H groups in total. The fraction of sp³-hybridized carbons (Fsp3) is 0.244. The van der Waals surface area contributed by atoms with Crippen molar-refractivity contribution in [2.24, 2.45) is 0 Å². The summed E-state index contributed by atoms with van der Waals surface area (Å²) in [6, 6.07) is 44.6. The molecule has 8 heteroatoms. The normalized spacial score (nSPS) is 20.6. The standard InChI is InChI=1S/C41H39ClO7/c42-35-22-21-33(23-34(35)41(43)44)37-39(47-26-31-17-9-3-10-18-31)40(48-27-32-19-11-4-12-20-32)38(46-25-30-15-7-2-8-16-30)36(49-37)28-45-24-29-13-5-1-6-14-29/h1-23,36-40H,24-28H2,(H,43,44)/t36-,37?,38-,39+,40+/m1/s1. The summed E-state index contributed by atoms with van der Waals surface area (Å²) < 4.78 is 33.4. The van der Waals surface area contributed by atoms with Gasteiger partial charge in [0.2, 0.25) is 0 Å². The zero-order valence-corrected chi connectivity index (χ0v) is 27.7. The molecule has 7 nitrogen and oxygen atoms in total. The molecule has 1 fully saturated rings. The van der Waals surface area contributed by atoms with Crippen LogP contribution >= 0.6 is 11.6 Å². The predicted octanol–water partition coefficient (Wildman–Crippen LogP) is 8.45. The first-order valence-corrected chi connectivity index (χ1v) is 16.7. The summed E-state index contributed by atoms with van der Waals surface area (Å²) >= 11 is 6.31. The lowest BCUT2D eigenvalue weighted by molar-refractivity contribution is -0.275. The van der Waals surface area contributed by atoms with Gasteiger partial charge in [-0.2, -0.15) is 0 Å². The molecule has 0 aromatic heterocycles. The number of hydrogen-bond donors (Lipinski definition) is 1. The van der Waals surface area contributed by atoms with Crippen LogP contribution in [0.15, 0.2) is 140 Å². The molecule has 1 saturated heterocycles. The highest BCUT2D eigenvalue weighted by molar-refractivity contribution is 6.33. The summed E-state index contributed by atoms with van der Waals surface area (Å²) in [7, 11) is 0. The van der Waals surface area contributed by atoms with Crippen LogP contribution in [-0.4, -0.2) is 42.1 Å². The number of halogens is 1. The van der Waals surface area contributed by atoms with Gasteiger partial charge in [0, 0.05) is 0 Å². The van der Waals surface area contributed by atoms with Gasteiger partial charge < -0.3 is 28.8 Å². The Morgan fingerprint density at radius 1 is 0.592 bits per heavy atom. The van der Waals surface area contributed by atoms with Crippen LogP contribution in [0.1, 0.15) is 44.3 Å². The maximum absolute atomic E-state index is 12.2. The molecule has 1 aliphatic heterocycles. The lowest BCUT2D eigenvalue weighted by Crippen LogP contribution is -2.58. The fourth-order valence-corrected chi connectivity index (χ4v) is 6.14. The number of ether oxygens (including phenoxy) is 5. The SMILES string of the molecule is O=C(O)c1cc(C2O[C@H](COCc3ccccc3)[C@@H](OCc3ccccc3)[C@H](OCc3ccccc3)[C@H]2OCc2ccccc2)ccc1Cl. The highest BCUT2D eigenvalue weighted by Crippen LogP contribution is 2.39. The molecule has 252 valence electrons. The van der Waals surface area contributed by atoms with Crippen molar-refractivity contribution in [2.75, 3.05) is 6.61 Å². The maximum atomic E-state index is 12.2. The lowest BCUT2D eigenvalue weighted by Gasteiger charge is -2.46. The Morgan fingerprint density at radius 2 is 1.04 bits per heavy atom. The minimum absolute atomic E-state index is 0.0225. The fourth-order valence-electron chi connectivity index (χ4n) is 5.94. The Morgan fingerprint density at radius 3 is 1.53 bits per heavy atom. The highest BCUT2D eigenvalue weighted by atomic mass is 35.5. The molecule has 0 bridgehead atoms. The van der Waals surface area contributed by atoms with E-state index in [1.807, 2.05) is 121 Å². The van der Waals surface area contributed by atoms with E-state index in [2.05, 4.69) is 0 Å². The number of carbonyl (C=O) groups is 1. The van der Waals surface area contributed by atoms with Crippen LogP contribution in [0.2, 0.25) is 5.02 Å². The average molecular weight is 679 g/mol. The van der Waals surface area contributed by atoms with Gasteiger partial charge in [-0.1, -0.05) is 139 Å². The van der Waals surface area contributed by atoms with Crippen LogP contribution in [0.25, 0.3) is 0 Å². The molecule has 0 spiro atoms. The van der Waals surface area contributed by atoms with E-state index in [1.54, 1.807) is 18.2 Å². The summed E-state index contributed by atoms with van der Waals surface area (Å²) in [6.45, 7) is 1.46. The van der Waals surface area contributed by atoms with Gasteiger partial charge in [0.15, 0.2) is 0 Å². The second kappa shape index (κ2) is 17.4.